The van der Waals surface area contributed by atoms with Gasteiger partial charge in [0.05, 0.1) is 32.2 Å². The van der Waals surface area contributed by atoms with Gasteiger partial charge in [-0.3, -0.25) is 57.5 Å². The number of nitrogens with two attached hydrogens (primary N) is 3. The van der Waals surface area contributed by atoms with Crippen LogP contribution in [0.1, 0.15) is 99.8 Å². The van der Waals surface area contributed by atoms with Gasteiger partial charge in [0.1, 0.15) is 48.8 Å². The van der Waals surface area contributed by atoms with Gasteiger partial charge in [-0.2, -0.15) is 11.8 Å². The molecule has 0 aromatic heterocycles. The maximum absolute atomic E-state index is 13.8. The van der Waals surface area contributed by atoms with Crippen molar-refractivity contribution in [2.45, 2.75) is 148 Å². The lowest BCUT2D eigenvalue weighted by molar-refractivity contribution is -0.139. The number of aliphatic hydroxyl groups is 1. The number of carboxylic acid groups (broad SMARTS) is 1. The Labute approximate surface area is 430 Å². The molecule has 0 radical (unpaired) electrons. The van der Waals surface area contributed by atoms with Crippen LogP contribution in [0.25, 0.3) is 0 Å². The number of aliphatic carboxylic acids is 1. The zero-order chi connectivity index (χ0) is 56.0. The third-order valence-electron chi connectivity index (χ3n) is 11.4. The number of nitrogens with one attached hydrogen (secondary N) is 10. The van der Waals surface area contributed by atoms with Crippen LogP contribution in [0.5, 0.6) is 0 Å². The molecular formula is C45H81N13O14S. The molecule has 0 spiro atoms. The van der Waals surface area contributed by atoms with Gasteiger partial charge in [-0.05, 0) is 75.3 Å². The van der Waals surface area contributed by atoms with Crippen molar-refractivity contribution in [1.29, 1.82) is 0 Å². The number of amides is 11. The topological polar surface area (TPSA) is 444 Å². The summed E-state index contributed by atoms with van der Waals surface area (Å²) in [4.78, 5) is 154. The van der Waals surface area contributed by atoms with Crippen molar-refractivity contribution in [3.8, 4) is 0 Å². The summed E-state index contributed by atoms with van der Waals surface area (Å²) in [6.45, 7) is 9.15. The van der Waals surface area contributed by atoms with Gasteiger partial charge in [-0.15, -0.1) is 0 Å². The molecule has 10 unspecified atom stereocenters. The Hall–Kier alpha value is -6.13. The number of carbonyl (C=O) groups excluding carboxylic acids is 11. The van der Waals surface area contributed by atoms with Gasteiger partial charge in [-0.1, -0.05) is 54.4 Å². The van der Waals surface area contributed by atoms with Gasteiger partial charge in [0.2, 0.25) is 65.0 Å². The highest BCUT2D eigenvalue weighted by Crippen LogP contribution is 2.13. The number of carbonyl (C=O) groups is 12. The highest BCUT2D eigenvalue weighted by atomic mass is 32.2. The van der Waals surface area contributed by atoms with Crippen LogP contribution < -0.4 is 70.4 Å². The number of primary amides is 1. The molecule has 0 saturated heterocycles. The van der Waals surface area contributed by atoms with Crippen LogP contribution in [0.3, 0.4) is 0 Å². The van der Waals surface area contributed by atoms with E-state index < -0.39 is 164 Å². The average Bonchev–Trinajstić information content (AvgIpc) is 3.33. The van der Waals surface area contributed by atoms with E-state index in [-0.39, 0.29) is 25.3 Å². The molecule has 11 amide bonds. The zero-order valence-electron chi connectivity index (χ0n) is 43.2. The van der Waals surface area contributed by atoms with Crippen molar-refractivity contribution in [2.24, 2.45) is 35.0 Å². The SMILES string of the molecule is CCC(C)C(NC(=O)CNC(=O)C(CC(C)C)NC(=O)C(N)CCSC)C(=O)NC(C(=O)NC(C)C(=O)NCC(=O)NC(CCCCN)C(=O)NC(CC(N)=O)C(=O)NC(CO)C(=O)NCC(=O)O)C(C)CC. The standard InChI is InChI=1S/C45H81N13O14S/c1-9-24(5)36(57-34(62)20-50-40(67)29(17-23(3)4)54-39(66)27(47)14-16-73-8)45(72)58-37(25(6)10-2)44(71)52-26(7)38(65)49-19-33(61)53-28(13-11-12-15-46)42(69)55-30(18-32(48)60)43(70)56-31(22-59)41(68)51-21-35(63)64/h23-31,36-37,59H,9-22,46-47H2,1-8H3,(H2,48,60)(H,49,65)(H,50,67)(H,51,68)(H,52,71)(H,53,61)(H,54,66)(H,55,69)(H,56,70)(H,57,62)(H,58,72)(H,63,64). The Bertz CT molecular complexity index is 1880. The molecule has 0 aromatic rings. The fourth-order valence-electron chi connectivity index (χ4n) is 6.65. The summed E-state index contributed by atoms with van der Waals surface area (Å²) in [5, 5.41) is 42.6. The fraction of sp³-hybridized carbons (Fsp3) is 0.733. The summed E-state index contributed by atoms with van der Waals surface area (Å²) >= 11 is 1.52. The Kier molecular flexibility index (Phi) is 32.9. The van der Waals surface area contributed by atoms with E-state index in [9.17, 15) is 62.6 Å². The second kappa shape index (κ2) is 35.9. The molecule has 10 atom stereocenters. The van der Waals surface area contributed by atoms with Gasteiger partial charge < -0.3 is 80.6 Å². The van der Waals surface area contributed by atoms with E-state index in [1.54, 1.807) is 27.7 Å². The molecular weight excluding hydrogens is 979 g/mol. The number of rotatable bonds is 37. The van der Waals surface area contributed by atoms with E-state index >= 15 is 0 Å². The predicted octanol–water partition coefficient (Wildman–Crippen LogP) is -4.95. The van der Waals surface area contributed by atoms with E-state index in [1.165, 1.54) is 18.7 Å². The number of aliphatic hydroxyl groups excluding tert-OH is 1. The van der Waals surface area contributed by atoms with Crippen molar-refractivity contribution in [2.75, 3.05) is 44.8 Å². The van der Waals surface area contributed by atoms with Crippen LogP contribution in [0.15, 0.2) is 0 Å². The average molecular weight is 1060 g/mol. The van der Waals surface area contributed by atoms with Crippen molar-refractivity contribution in [3.63, 3.8) is 0 Å². The number of hydrogen-bond donors (Lipinski definition) is 15. The summed E-state index contributed by atoms with van der Waals surface area (Å²) in [6, 6.07) is -10.2. The maximum atomic E-state index is 13.8. The van der Waals surface area contributed by atoms with E-state index in [2.05, 4.69) is 47.9 Å². The van der Waals surface area contributed by atoms with Gasteiger partial charge in [0.15, 0.2) is 0 Å². The minimum Gasteiger partial charge on any atom is -0.480 e. The third kappa shape index (κ3) is 26.9. The largest absolute Gasteiger partial charge is 0.480 e. The van der Waals surface area contributed by atoms with Crippen LogP contribution in [-0.2, 0) is 57.5 Å². The monoisotopic (exact) mass is 1060 g/mol. The maximum Gasteiger partial charge on any atom is 0.322 e. The van der Waals surface area contributed by atoms with Gasteiger partial charge in [0, 0.05) is 0 Å². The molecule has 73 heavy (non-hydrogen) atoms. The van der Waals surface area contributed by atoms with Crippen LogP contribution in [-0.4, -0.2) is 174 Å². The Morgan fingerprint density at radius 2 is 1.04 bits per heavy atom. The molecule has 0 aromatic carbocycles. The van der Waals surface area contributed by atoms with E-state index in [4.69, 9.17) is 22.3 Å². The van der Waals surface area contributed by atoms with Crippen LogP contribution in [0, 0.1) is 17.8 Å². The molecule has 0 rings (SSSR count). The van der Waals surface area contributed by atoms with E-state index in [1.807, 2.05) is 25.4 Å². The highest BCUT2D eigenvalue weighted by molar-refractivity contribution is 7.98. The third-order valence-corrected chi connectivity index (χ3v) is 12.0. The highest BCUT2D eigenvalue weighted by Gasteiger charge is 2.35. The van der Waals surface area contributed by atoms with Crippen LogP contribution >= 0.6 is 11.8 Å². The second-order valence-corrected chi connectivity index (χ2v) is 19.0. The minimum atomic E-state index is -1.72. The molecule has 27 nitrogen and oxygen atoms in total. The van der Waals surface area contributed by atoms with Gasteiger partial charge in [0.25, 0.3) is 0 Å². The Balaban J connectivity index is 5.88. The first kappa shape index (κ1) is 66.9. The lowest BCUT2D eigenvalue weighted by Crippen LogP contribution is -2.60. The first-order valence-electron chi connectivity index (χ1n) is 24.3. The Morgan fingerprint density at radius 1 is 0.548 bits per heavy atom. The van der Waals surface area contributed by atoms with Crippen molar-refractivity contribution < 1.29 is 67.7 Å². The van der Waals surface area contributed by atoms with Crippen molar-refractivity contribution in [3.05, 3.63) is 0 Å². The minimum absolute atomic E-state index is 0.00106. The number of thioether (sulfide) groups is 1. The molecule has 0 saturated carbocycles. The summed E-state index contributed by atoms with van der Waals surface area (Å²) in [5.41, 5.74) is 16.9. The smallest absolute Gasteiger partial charge is 0.322 e. The summed E-state index contributed by atoms with van der Waals surface area (Å²) < 4.78 is 0. The molecule has 0 heterocycles. The number of hydrogen-bond acceptors (Lipinski definition) is 16. The molecule has 0 fully saturated rings. The molecule has 18 N–H and O–H groups in total. The van der Waals surface area contributed by atoms with Gasteiger partial charge in [-0.25, -0.2) is 0 Å². The predicted molar refractivity (Wildman–Crippen MR) is 269 cm³/mol. The fourth-order valence-corrected chi connectivity index (χ4v) is 7.14. The van der Waals surface area contributed by atoms with Crippen LogP contribution in [0.4, 0.5) is 0 Å². The number of carboxylic acids is 1. The lowest BCUT2D eigenvalue weighted by Gasteiger charge is -2.29. The summed E-state index contributed by atoms with van der Waals surface area (Å²) in [7, 11) is 0. The summed E-state index contributed by atoms with van der Waals surface area (Å²) in [5.74, 6) is -11.0. The van der Waals surface area contributed by atoms with E-state index in [0.29, 0.717) is 37.9 Å². The zero-order valence-corrected chi connectivity index (χ0v) is 44.0. The normalized spacial score (nSPS) is 15.1. The quantitative estimate of drug-likeness (QED) is 0.0259. The molecule has 0 aliphatic carbocycles. The second-order valence-electron chi connectivity index (χ2n) is 18.0. The lowest BCUT2D eigenvalue weighted by atomic mass is 9.94. The molecule has 0 aliphatic rings. The summed E-state index contributed by atoms with van der Waals surface area (Å²) in [6.07, 6.45) is 3.25. The Morgan fingerprint density at radius 3 is 1.56 bits per heavy atom. The first-order chi connectivity index (χ1) is 34.3. The molecule has 0 aliphatic heterocycles. The van der Waals surface area contributed by atoms with Crippen LogP contribution in [0.2, 0.25) is 0 Å². The molecule has 416 valence electrons. The molecule has 28 heteroatoms. The van der Waals surface area contributed by atoms with Gasteiger partial charge >= 0.3 is 5.97 Å². The molecule has 0 bridgehead atoms. The number of unbranched alkanes of at least 4 members (excludes halogenated alkanes) is 1. The van der Waals surface area contributed by atoms with E-state index in [0.717, 1.165) is 0 Å². The van der Waals surface area contributed by atoms with Crippen molar-refractivity contribution >= 4 is 82.7 Å². The van der Waals surface area contributed by atoms with Crippen molar-refractivity contribution in [1.82, 2.24) is 53.2 Å². The first-order valence-corrected chi connectivity index (χ1v) is 25.6.